The number of halogens is 2. The van der Waals surface area contributed by atoms with Crippen LogP contribution >= 0.6 is 24.8 Å². The maximum Gasteiger partial charge on any atom is 0.227 e. The first-order valence-electron chi connectivity index (χ1n) is 15.5. The first-order chi connectivity index (χ1) is 18.6. The number of rotatable bonds is 8. The summed E-state index contributed by atoms with van der Waals surface area (Å²) in [7, 11) is 0. The number of carbonyl (C=O) groups excluding carboxylic acids is 1. The molecule has 1 amide bonds. The second kappa shape index (κ2) is 14.6. The van der Waals surface area contributed by atoms with Crippen molar-refractivity contribution in [2.45, 2.75) is 129 Å². The summed E-state index contributed by atoms with van der Waals surface area (Å²) in [5.41, 5.74) is 8.17. The zero-order valence-electron chi connectivity index (χ0n) is 25.4. The molecule has 1 atom stereocenters. The summed E-state index contributed by atoms with van der Waals surface area (Å²) in [5, 5.41) is 7.34. The minimum Gasteiger partial charge on any atom is -0.365 e. The summed E-state index contributed by atoms with van der Waals surface area (Å²) in [4.78, 5) is 29.8. The molecule has 2 aromatic rings. The van der Waals surface area contributed by atoms with E-state index in [1.54, 1.807) is 0 Å². The Balaban J connectivity index is 0.00000231. The van der Waals surface area contributed by atoms with Crippen molar-refractivity contribution < 1.29 is 4.79 Å². The molecular weight excluding hydrogens is 559 g/mol. The van der Waals surface area contributed by atoms with Crippen LogP contribution in [0.3, 0.4) is 0 Å². The molecule has 1 saturated heterocycles. The van der Waals surface area contributed by atoms with Crippen LogP contribution in [0.2, 0.25) is 0 Å². The van der Waals surface area contributed by atoms with Crippen LogP contribution in [0.25, 0.3) is 11.2 Å². The van der Waals surface area contributed by atoms with Crippen molar-refractivity contribution in [3.8, 4) is 0 Å². The van der Waals surface area contributed by atoms with Crippen LogP contribution in [-0.4, -0.2) is 61.5 Å². The average Bonchev–Trinajstić information content (AvgIpc) is 3.55. The third kappa shape index (κ3) is 8.83. The van der Waals surface area contributed by atoms with Crippen LogP contribution in [0.4, 0.5) is 11.8 Å². The lowest BCUT2D eigenvalue weighted by Gasteiger charge is -2.34. The Morgan fingerprint density at radius 3 is 2.24 bits per heavy atom. The molecule has 0 bridgehead atoms. The first-order valence-corrected chi connectivity index (χ1v) is 15.5. The predicted octanol–water partition coefficient (Wildman–Crippen LogP) is 6.33. The molecule has 0 spiro atoms. The van der Waals surface area contributed by atoms with Gasteiger partial charge in [-0.1, -0.05) is 40.5 Å². The normalized spacial score (nSPS) is 23.1. The smallest absolute Gasteiger partial charge is 0.227 e. The summed E-state index contributed by atoms with van der Waals surface area (Å²) in [6, 6.07) is 1.39. The number of piperidine rings is 1. The Hall–Kier alpha value is -1.84. The zero-order valence-corrected chi connectivity index (χ0v) is 27.0. The van der Waals surface area contributed by atoms with Crippen LogP contribution in [0.5, 0.6) is 0 Å². The van der Waals surface area contributed by atoms with Gasteiger partial charge in [-0.05, 0) is 69.1 Å². The van der Waals surface area contributed by atoms with Crippen molar-refractivity contribution in [3.05, 3.63) is 6.33 Å². The van der Waals surface area contributed by atoms with E-state index in [-0.39, 0.29) is 36.3 Å². The number of carbonyl (C=O) groups is 1. The number of anilines is 2. The quantitative estimate of drug-likeness (QED) is 0.320. The Morgan fingerprint density at radius 1 is 0.976 bits per heavy atom. The Labute approximate surface area is 258 Å². The standard InChI is InChI=1S/C30H50N8O.2ClH/c1-20(18-30(2,3)4)17-25(39)37-15-13-23(14-16-37)33-27-26-28(38(19-32-26)24-7-5-6-8-24)36-29(35-27)34-22-11-9-21(31)10-12-22;;/h19-24H,5-18,31H2,1-4H3,(H2,33,34,35,36);2*1H/t20?,21-,22-;;. The number of aromatic nitrogens is 4. The van der Waals surface area contributed by atoms with Crippen LogP contribution in [0.15, 0.2) is 6.33 Å². The largest absolute Gasteiger partial charge is 0.365 e. The fourth-order valence-electron chi connectivity index (χ4n) is 6.99. The van der Waals surface area contributed by atoms with Gasteiger partial charge in [0.05, 0.1) is 6.33 Å². The van der Waals surface area contributed by atoms with E-state index in [1.165, 1.54) is 25.7 Å². The third-order valence-electron chi connectivity index (χ3n) is 8.92. The first kappa shape index (κ1) is 33.7. The summed E-state index contributed by atoms with van der Waals surface area (Å²) >= 11 is 0. The van der Waals surface area contributed by atoms with Gasteiger partial charge in [0.15, 0.2) is 17.0 Å². The minimum absolute atomic E-state index is 0. The Bertz CT molecular complexity index is 1110. The van der Waals surface area contributed by atoms with E-state index in [1.807, 2.05) is 6.33 Å². The molecule has 3 aliphatic rings. The lowest BCUT2D eigenvalue weighted by molar-refractivity contribution is -0.133. The van der Waals surface area contributed by atoms with Crippen molar-refractivity contribution in [1.82, 2.24) is 24.4 Å². The van der Waals surface area contributed by atoms with Gasteiger partial charge in [-0.3, -0.25) is 4.79 Å². The fraction of sp³-hybridized carbons (Fsp3) is 0.800. The molecule has 3 fully saturated rings. The lowest BCUT2D eigenvalue weighted by Crippen LogP contribution is -2.43. The highest BCUT2D eigenvalue weighted by atomic mass is 35.5. The van der Waals surface area contributed by atoms with Crippen molar-refractivity contribution in [2.24, 2.45) is 17.1 Å². The molecule has 4 N–H and O–H groups in total. The summed E-state index contributed by atoms with van der Waals surface area (Å²) in [6.07, 6.45) is 14.6. The molecule has 2 saturated carbocycles. The van der Waals surface area contributed by atoms with E-state index in [9.17, 15) is 4.79 Å². The van der Waals surface area contributed by atoms with E-state index >= 15 is 0 Å². The summed E-state index contributed by atoms with van der Waals surface area (Å²) < 4.78 is 2.27. The molecule has 0 aromatic carbocycles. The van der Waals surface area contributed by atoms with Gasteiger partial charge >= 0.3 is 0 Å². The Kier molecular flexibility index (Phi) is 12.0. The van der Waals surface area contributed by atoms with Gasteiger partial charge in [-0.25, -0.2) is 4.98 Å². The Morgan fingerprint density at radius 2 is 1.61 bits per heavy atom. The molecule has 3 heterocycles. The topological polar surface area (TPSA) is 114 Å². The van der Waals surface area contributed by atoms with Gasteiger partial charge in [-0.15, -0.1) is 24.8 Å². The lowest BCUT2D eigenvalue weighted by atomic mass is 9.84. The van der Waals surface area contributed by atoms with Crippen LogP contribution in [0.1, 0.15) is 111 Å². The molecule has 1 aliphatic heterocycles. The van der Waals surface area contributed by atoms with Gasteiger partial charge in [0.2, 0.25) is 11.9 Å². The zero-order chi connectivity index (χ0) is 27.6. The molecule has 11 heteroatoms. The van der Waals surface area contributed by atoms with Gasteiger partial charge in [0.1, 0.15) is 0 Å². The highest BCUT2D eigenvalue weighted by molar-refractivity contribution is 5.86. The van der Waals surface area contributed by atoms with Crippen molar-refractivity contribution >= 4 is 53.7 Å². The number of nitrogens with zero attached hydrogens (tertiary/aromatic N) is 5. The van der Waals surface area contributed by atoms with E-state index in [4.69, 9.17) is 20.7 Å². The number of hydrogen-bond acceptors (Lipinski definition) is 7. The van der Waals surface area contributed by atoms with Gasteiger partial charge in [-0.2, -0.15) is 9.97 Å². The van der Waals surface area contributed by atoms with Crippen LogP contribution in [0, 0.1) is 11.3 Å². The van der Waals surface area contributed by atoms with Crippen molar-refractivity contribution in [3.63, 3.8) is 0 Å². The minimum atomic E-state index is 0. The molecule has 232 valence electrons. The van der Waals surface area contributed by atoms with E-state index in [2.05, 4.69) is 47.8 Å². The van der Waals surface area contributed by atoms with Crippen LogP contribution in [-0.2, 0) is 4.79 Å². The molecule has 41 heavy (non-hydrogen) atoms. The average molecular weight is 612 g/mol. The number of nitrogens with two attached hydrogens (primary N) is 1. The highest BCUT2D eigenvalue weighted by Gasteiger charge is 2.28. The number of hydrogen-bond donors (Lipinski definition) is 3. The maximum atomic E-state index is 13.0. The fourth-order valence-corrected chi connectivity index (χ4v) is 6.99. The van der Waals surface area contributed by atoms with Crippen molar-refractivity contribution in [2.75, 3.05) is 23.7 Å². The van der Waals surface area contributed by atoms with E-state index < -0.39 is 0 Å². The second-order valence-electron chi connectivity index (χ2n) is 13.8. The molecule has 1 unspecified atom stereocenters. The molecule has 2 aromatic heterocycles. The van der Waals surface area contributed by atoms with Gasteiger partial charge in [0.25, 0.3) is 0 Å². The molecule has 0 radical (unpaired) electrons. The van der Waals surface area contributed by atoms with Crippen LogP contribution < -0.4 is 16.4 Å². The highest BCUT2D eigenvalue weighted by Crippen LogP contribution is 2.34. The number of imidazole rings is 1. The summed E-state index contributed by atoms with van der Waals surface area (Å²) in [6.45, 7) is 10.5. The molecule has 2 aliphatic carbocycles. The SMILES string of the molecule is CC(CC(=O)N1CCC(Nc2nc(N[C@H]3CC[C@H](N)CC3)nc3c2ncn3C2CCCC2)CC1)CC(C)(C)C.Cl.Cl. The number of amides is 1. The summed E-state index contributed by atoms with van der Waals surface area (Å²) in [5.74, 6) is 2.20. The number of likely N-dealkylation sites (tertiary alicyclic amines) is 1. The third-order valence-corrected chi connectivity index (χ3v) is 8.92. The van der Waals surface area contributed by atoms with Gasteiger partial charge < -0.3 is 25.8 Å². The predicted molar refractivity (Wildman–Crippen MR) is 172 cm³/mol. The second-order valence-corrected chi connectivity index (χ2v) is 13.8. The van der Waals surface area contributed by atoms with Crippen molar-refractivity contribution in [1.29, 1.82) is 0 Å². The maximum absolute atomic E-state index is 13.0. The molecule has 5 rings (SSSR count). The number of fused-ring (bicyclic) bond motifs is 1. The number of nitrogens with one attached hydrogen (secondary N) is 2. The monoisotopic (exact) mass is 610 g/mol. The van der Waals surface area contributed by atoms with E-state index in [0.717, 1.165) is 75.0 Å². The van der Waals surface area contributed by atoms with E-state index in [0.29, 0.717) is 42.3 Å². The molecular formula is C30H52Cl2N8O. The van der Waals surface area contributed by atoms with Gasteiger partial charge in [0, 0.05) is 43.7 Å². The molecule has 9 nitrogen and oxygen atoms in total.